The Labute approximate surface area is 159 Å². The normalized spacial score (nSPS) is 15.3. The summed E-state index contributed by atoms with van der Waals surface area (Å²) in [6, 6.07) is 0. The van der Waals surface area contributed by atoms with Gasteiger partial charge in [-0.2, -0.15) is 5.10 Å². The fraction of sp³-hybridized carbons (Fsp3) is 0.600. The maximum atomic E-state index is 11.8. The van der Waals surface area contributed by atoms with Gasteiger partial charge in [-0.1, -0.05) is 0 Å². The predicted octanol–water partition coefficient (Wildman–Crippen LogP) is 0.584. The Balaban J connectivity index is 0.00000288. The summed E-state index contributed by atoms with van der Waals surface area (Å²) in [5.74, 6) is 0.550. The van der Waals surface area contributed by atoms with Crippen molar-refractivity contribution in [1.82, 2.24) is 24.9 Å². The second-order valence-electron chi connectivity index (χ2n) is 5.64. The zero-order chi connectivity index (χ0) is 16.8. The molecule has 8 nitrogen and oxygen atoms in total. The molecule has 134 valence electrons. The summed E-state index contributed by atoms with van der Waals surface area (Å²) in [6.45, 7) is 1.54. The van der Waals surface area contributed by atoms with E-state index in [9.17, 15) is 9.59 Å². The van der Waals surface area contributed by atoms with E-state index in [1.165, 1.54) is 4.90 Å². The van der Waals surface area contributed by atoms with E-state index in [-0.39, 0.29) is 35.8 Å². The molecule has 1 aliphatic heterocycles. The minimum absolute atomic E-state index is 0. The van der Waals surface area contributed by atoms with E-state index in [1.54, 1.807) is 11.7 Å². The lowest BCUT2D eigenvalue weighted by Gasteiger charge is -2.26. The van der Waals surface area contributed by atoms with E-state index in [0.717, 1.165) is 5.56 Å². The number of aliphatic imine (C=N–C) groups is 1. The van der Waals surface area contributed by atoms with Crippen LogP contribution in [0.25, 0.3) is 0 Å². The number of nitrogens with one attached hydrogen (secondary N) is 1. The Hall–Kier alpha value is -1.65. The zero-order valence-electron chi connectivity index (χ0n) is 14.4. The number of likely N-dealkylation sites (tertiary alicyclic amines) is 1. The Morgan fingerprint density at radius 1 is 1.38 bits per heavy atom. The maximum Gasteiger partial charge on any atom is 0.229 e. The van der Waals surface area contributed by atoms with Crippen LogP contribution < -0.4 is 5.32 Å². The number of carbonyl (C=O) groups excluding carboxylic acids is 2. The lowest BCUT2D eigenvalue weighted by Crippen LogP contribution is -2.46. The van der Waals surface area contributed by atoms with Crippen LogP contribution in [-0.4, -0.2) is 64.5 Å². The Morgan fingerprint density at radius 3 is 2.58 bits per heavy atom. The van der Waals surface area contributed by atoms with Gasteiger partial charge < -0.3 is 10.2 Å². The highest BCUT2D eigenvalue weighted by atomic mass is 127. The molecule has 24 heavy (non-hydrogen) atoms. The highest BCUT2D eigenvalue weighted by Gasteiger charge is 2.25. The summed E-state index contributed by atoms with van der Waals surface area (Å²) in [5.41, 5.74) is 1.08. The monoisotopic (exact) mass is 448 g/mol. The van der Waals surface area contributed by atoms with E-state index < -0.39 is 0 Å². The van der Waals surface area contributed by atoms with E-state index in [1.807, 2.05) is 31.4 Å². The van der Waals surface area contributed by atoms with Gasteiger partial charge in [-0.25, -0.2) is 0 Å². The molecule has 0 atom stereocenters. The van der Waals surface area contributed by atoms with Gasteiger partial charge in [-0.15, -0.1) is 24.0 Å². The SMILES string of the molecule is CN=C(NCCN1C(=O)CCCC1=O)N(C)Cc1cnn(C)c1.I. The molecule has 1 N–H and O–H groups in total. The molecule has 1 fully saturated rings. The number of nitrogens with zero attached hydrogens (tertiary/aromatic N) is 5. The van der Waals surface area contributed by atoms with Gasteiger partial charge in [0.1, 0.15) is 0 Å². The maximum absolute atomic E-state index is 11.8. The Kier molecular flexibility index (Phi) is 8.16. The van der Waals surface area contributed by atoms with Crippen molar-refractivity contribution in [1.29, 1.82) is 0 Å². The Bertz CT molecular complexity index is 585. The molecule has 1 aromatic heterocycles. The van der Waals surface area contributed by atoms with Gasteiger partial charge in [0.15, 0.2) is 5.96 Å². The first-order valence-corrected chi connectivity index (χ1v) is 7.73. The second kappa shape index (κ2) is 9.60. The van der Waals surface area contributed by atoms with Gasteiger partial charge in [-0.3, -0.25) is 24.2 Å². The van der Waals surface area contributed by atoms with Crippen LogP contribution in [0.1, 0.15) is 24.8 Å². The summed E-state index contributed by atoms with van der Waals surface area (Å²) in [4.78, 5) is 31.0. The van der Waals surface area contributed by atoms with Crippen LogP contribution in [-0.2, 0) is 23.2 Å². The van der Waals surface area contributed by atoms with Gasteiger partial charge in [0.2, 0.25) is 11.8 Å². The lowest BCUT2D eigenvalue weighted by atomic mass is 10.1. The molecule has 0 unspecified atom stereocenters. The number of halogens is 1. The first-order chi connectivity index (χ1) is 11.0. The van der Waals surface area contributed by atoms with Crippen molar-refractivity contribution < 1.29 is 9.59 Å². The smallest absolute Gasteiger partial charge is 0.229 e. The van der Waals surface area contributed by atoms with E-state index in [4.69, 9.17) is 0 Å². The predicted molar refractivity (Wildman–Crippen MR) is 102 cm³/mol. The standard InChI is InChI=1S/C15H24N6O2.HI/c1-16-15(19(2)10-12-9-18-20(3)11-12)17-7-8-21-13(22)5-4-6-14(21)23;/h9,11H,4-8,10H2,1-3H3,(H,16,17);1H. The van der Waals surface area contributed by atoms with E-state index in [0.29, 0.717) is 44.9 Å². The highest BCUT2D eigenvalue weighted by molar-refractivity contribution is 14.0. The molecular formula is C15H25IN6O2. The average Bonchev–Trinajstić information content (AvgIpc) is 2.91. The topological polar surface area (TPSA) is 82.8 Å². The fourth-order valence-electron chi connectivity index (χ4n) is 2.62. The molecule has 0 saturated carbocycles. The number of rotatable bonds is 5. The lowest BCUT2D eigenvalue weighted by molar-refractivity contribution is -0.147. The van der Waals surface area contributed by atoms with E-state index in [2.05, 4.69) is 15.4 Å². The summed E-state index contributed by atoms with van der Waals surface area (Å²) < 4.78 is 1.76. The third kappa shape index (κ3) is 5.46. The van der Waals surface area contributed by atoms with Crippen molar-refractivity contribution in [3.63, 3.8) is 0 Å². The van der Waals surface area contributed by atoms with Gasteiger partial charge in [0.25, 0.3) is 0 Å². The van der Waals surface area contributed by atoms with Crippen LogP contribution in [0.2, 0.25) is 0 Å². The summed E-state index contributed by atoms with van der Waals surface area (Å²) in [7, 11) is 5.52. The molecule has 9 heteroatoms. The van der Waals surface area contributed by atoms with Crippen molar-refractivity contribution in [2.45, 2.75) is 25.8 Å². The number of hydrogen-bond acceptors (Lipinski definition) is 4. The van der Waals surface area contributed by atoms with Crippen molar-refractivity contribution in [3.05, 3.63) is 18.0 Å². The van der Waals surface area contributed by atoms with Crippen LogP contribution in [0.4, 0.5) is 0 Å². The molecule has 2 amide bonds. The number of amides is 2. The molecule has 2 heterocycles. The molecule has 1 aromatic rings. The third-order valence-corrected chi connectivity index (χ3v) is 3.75. The molecular weight excluding hydrogens is 423 g/mol. The minimum atomic E-state index is -0.0817. The van der Waals surface area contributed by atoms with Crippen molar-refractivity contribution in [2.24, 2.45) is 12.0 Å². The molecule has 1 saturated heterocycles. The molecule has 2 rings (SSSR count). The van der Waals surface area contributed by atoms with Gasteiger partial charge in [-0.05, 0) is 6.42 Å². The largest absolute Gasteiger partial charge is 0.354 e. The second-order valence-corrected chi connectivity index (χ2v) is 5.64. The average molecular weight is 448 g/mol. The summed E-state index contributed by atoms with van der Waals surface area (Å²) in [6.07, 6.45) is 5.35. The zero-order valence-corrected chi connectivity index (χ0v) is 16.7. The van der Waals surface area contributed by atoms with Crippen molar-refractivity contribution >= 4 is 41.8 Å². The number of aryl methyl sites for hydroxylation is 1. The number of guanidine groups is 1. The fourth-order valence-corrected chi connectivity index (χ4v) is 2.62. The van der Waals surface area contributed by atoms with Crippen LogP contribution >= 0.6 is 24.0 Å². The third-order valence-electron chi connectivity index (χ3n) is 3.75. The van der Waals surface area contributed by atoms with Crippen LogP contribution in [0, 0.1) is 0 Å². The number of imide groups is 1. The number of aromatic nitrogens is 2. The molecule has 0 radical (unpaired) electrons. The summed E-state index contributed by atoms with van der Waals surface area (Å²) >= 11 is 0. The first kappa shape index (κ1) is 20.4. The first-order valence-electron chi connectivity index (χ1n) is 7.73. The van der Waals surface area contributed by atoms with Crippen molar-refractivity contribution in [2.75, 3.05) is 27.2 Å². The quantitative estimate of drug-likeness (QED) is 0.309. The number of piperidine rings is 1. The van der Waals surface area contributed by atoms with E-state index >= 15 is 0 Å². The van der Waals surface area contributed by atoms with Crippen LogP contribution in [0.15, 0.2) is 17.4 Å². The summed E-state index contributed by atoms with van der Waals surface area (Å²) in [5, 5.41) is 7.33. The van der Waals surface area contributed by atoms with Crippen LogP contribution in [0.5, 0.6) is 0 Å². The number of carbonyl (C=O) groups is 2. The van der Waals surface area contributed by atoms with Gasteiger partial charge >= 0.3 is 0 Å². The van der Waals surface area contributed by atoms with Gasteiger partial charge in [0, 0.05) is 65.4 Å². The van der Waals surface area contributed by atoms with Crippen LogP contribution in [0.3, 0.4) is 0 Å². The Morgan fingerprint density at radius 2 is 2.04 bits per heavy atom. The molecule has 1 aliphatic rings. The molecule has 0 aliphatic carbocycles. The van der Waals surface area contributed by atoms with Crippen molar-refractivity contribution in [3.8, 4) is 0 Å². The van der Waals surface area contributed by atoms with Gasteiger partial charge in [0.05, 0.1) is 6.20 Å². The molecule has 0 bridgehead atoms. The molecule has 0 spiro atoms. The minimum Gasteiger partial charge on any atom is -0.354 e. The highest BCUT2D eigenvalue weighted by Crippen LogP contribution is 2.11. The molecule has 0 aromatic carbocycles. The number of hydrogen-bond donors (Lipinski definition) is 1.